The van der Waals surface area contributed by atoms with Crippen LogP contribution in [0.4, 0.5) is 11.4 Å². The molecular formula is C15H20N4O4. The van der Waals surface area contributed by atoms with Crippen molar-refractivity contribution < 1.29 is 14.5 Å². The number of nitro groups is 1. The van der Waals surface area contributed by atoms with Crippen LogP contribution in [0.3, 0.4) is 0 Å². The van der Waals surface area contributed by atoms with Crippen molar-refractivity contribution in [1.29, 1.82) is 0 Å². The van der Waals surface area contributed by atoms with Crippen LogP contribution in [0.5, 0.6) is 0 Å². The van der Waals surface area contributed by atoms with Crippen LogP contribution in [0.15, 0.2) is 24.3 Å². The standard InChI is InChI=1S/C15H20N4O4/c1-18-8-6-11(7-9-18)10-16-14(20)15(21)17-12-4-2-3-5-13(12)19(22)23/h2-5,11H,6-10H2,1H3,(H,16,20)(H,17,21). The molecule has 1 aromatic rings. The number of nitrogens with one attached hydrogen (secondary N) is 2. The zero-order valence-electron chi connectivity index (χ0n) is 12.9. The van der Waals surface area contributed by atoms with Crippen molar-refractivity contribution in [2.45, 2.75) is 12.8 Å². The lowest BCUT2D eigenvalue weighted by Gasteiger charge is -2.28. The van der Waals surface area contributed by atoms with E-state index in [1.165, 1.54) is 18.2 Å². The molecule has 0 aliphatic carbocycles. The van der Waals surface area contributed by atoms with Crippen LogP contribution >= 0.6 is 0 Å². The molecule has 1 aliphatic rings. The normalized spacial score (nSPS) is 15.9. The van der Waals surface area contributed by atoms with Gasteiger partial charge in [-0.05, 0) is 45.0 Å². The highest BCUT2D eigenvalue weighted by molar-refractivity contribution is 6.39. The first kappa shape index (κ1) is 16.9. The van der Waals surface area contributed by atoms with Crippen LogP contribution in [0, 0.1) is 16.0 Å². The van der Waals surface area contributed by atoms with Crippen molar-refractivity contribution >= 4 is 23.2 Å². The Labute approximate surface area is 134 Å². The molecule has 0 atom stereocenters. The third kappa shape index (κ3) is 4.75. The highest BCUT2D eigenvalue weighted by atomic mass is 16.6. The fourth-order valence-corrected chi connectivity index (χ4v) is 2.50. The van der Waals surface area contributed by atoms with Gasteiger partial charge in [0.05, 0.1) is 4.92 Å². The van der Waals surface area contributed by atoms with E-state index in [1.807, 2.05) is 0 Å². The zero-order valence-corrected chi connectivity index (χ0v) is 12.9. The molecule has 1 fully saturated rings. The van der Waals surface area contributed by atoms with E-state index in [0.29, 0.717) is 12.5 Å². The molecule has 1 heterocycles. The molecular weight excluding hydrogens is 300 g/mol. The number of amides is 2. The Morgan fingerprint density at radius 1 is 1.26 bits per heavy atom. The maximum atomic E-state index is 11.9. The summed E-state index contributed by atoms with van der Waals surface area (Å²) in [5.41, 5.74) is -0.235. The third-order valence-corrected chi connectivity index (χ3v) is 3.94. The summed E-state index contributed by atoms with van der Waals surface area (Å²) in [6, 6.07) is 5.71. The highest BCUT2D eigenvalue weighted by Gasteiger charge is 2.21. The first-order valence-electron chi connectivity index (χ1n) is 7.48. The van der Waals surface area contributed by atoms with Gasteiger partial charge in [-0.25, -0.2) is 0 Å². The number of para-hydroxylation sites is 2. The van der Waals surface area contributed by atoms with E-state index in [-0.39, 0.29) is 11.4 Å². The van der Waals surface area contributed by atoms with Crippen LogP contribution in [-0.2, 0) is 9.59 Å². The van der Waals surface area contributed by atoms with Crippen LogP contribution in [0.1, 0.15) is 12.8 Å². The minimum Gasteiger partial charge on any atom is -0.348 e. The van der Waals surface area contributed by atoms with Crippen molar-refractivity contribution in [3.63, 3.8) is 0 Å². The van der Waals surface area contributed by atoms with Gasteiger partial charge in [0.2, 0.25) is 0 Å². The largest absolute Gasteiger partial charge is 0.348 e. The number of piperidine rings is 1. The molecule has 8 heteroatoms. The molecule has 1 aliphatic heterocycles. The van der Waals surface area contributed by atoms with Gasteiger partial charge < -0.3 is 15.5 Å². The second-order valence-corrected chi connectivity index (χ2v) is 5.69. The summed E-state index contributed by atoms with van der Waals surface area (Å²) in [5.74, 6) is -1.32. The van der Waals surface area contributed by atoms with Crippen molar-refractivity contribution in [3.05, 3.63) is 34.4 Å². The van der Waals surface area contributed by atoms with Gasteiger partial charge in [-0.1, -0.05) is 12.1 Å². The minimum absolute atomic E-state index is 0.0111. The number of carbonyl (C=O) groups is 2. The molecule has 0 bridgehead atoms. The molecule has 0 saturated carbocycles. The summed E-state index contributed by atoms with van der Waals surface area (Å²) in [4.78, 5) is 36.2. The molecule has 8 nitrogen and oxygen atoms in total. The summed E-state index contributed by atoms with van der Waals surface area (Å²) < 4.78 is 0. The number of nitrogens with zero attached hydrogens (tertiary/aromatic N) is 2. The molecule has 0 radical (unpaired) electrons. The fraction of sp³-hybridized carbons (Fsp3) is 0.467. The van der Waals surface area contributed by atoms with Crippen LogP contribution in [0.2, 0.25) is 0 Å². The van der Waals surface area contributed by atoms with Gasteiger partial charge in [0, 0.05) is 12.6 Å². The van der Waals surface area contributed by atoms with E-state index in [0.717, 1.165) is 25.9 Å². The molecule has 2 rings (SSSR count). The Morgan fingerprint density at radius 3 is 2.57 bits per heavy atom. The lowest BCUT2D eigenvalue weighted by molar-refractivity contribution is -0.383. The van der Waals surface area contributed by atoms with E-state index in [4.69, 9.17) is 0 Å². The Kier molecular flexibility index (Phi) is 5.64. The predicted molar refractivity (Wildman–Crippen MR) is 85.0 cm³/mol. The number of hydrogen-bond acceptors (Lipinski definition) is 5. The van der Waals surface area contributed by atoms with Crippen molar-refractivity contribution in [3.8, 4) is 0 Å². The SMILES string of the molecule is CN1CCC(CNC(=O)C(=O)Nc2ccccc2[N+](=O)[O-])CC1. The van der Waals surface area contributed by atoms with Crippen molar-refractivity contribution in [2.75, 3.05) is 32.0 Å². The van der Waals surface area contributed by atoms with E-state index in [9.17, 15) is 19.7 Å². The summed E-state index contributed by atoms with van der Waals surface area (Å²) in [5, 5.41) is 15.8. The van der Waals surface area contributed by atoms with Gasteiger partial charge >= 0.3 is 11.8 Å². The van der Waals surface area contributed by atoms with E-state index in [1.54, 1.807) is 6.07 Å². The monoisotopic (exact) mass is 320 g/mol. The van der Waals surface area contributed by atoms with E-state index in [2.05, 4.69) is 22.6 Å². The van der Waals surface area contributed by atoms with E-state index >= 15 is 0 Å². The average Bonchev–Trinajstić information content (AvgIpc) is 2.54. The summed E-state index contributed by atoms with van der Waals surface area (Å²) in [7, 11) is 2.05. The van der Waals surface area contributed by atoms with Gasteiger partial charge in [-0.15, -0.1) is 0 Å². The Morgan fingerprint density at radius 2 is 1.91 bits per heavy atom. The predicted octanol–water partition coefficient (Wildman–Crippen LogP) is 0.991. The van der Waals surface area contributed by atoms with Gasteiger partial charge in [-0.3, -0.25) is 19.7 Å². The Balaban J connectivity index is 1.86. The fourth-order valence-electron chi connectivity index (χ4n) is 2.50. The number of hydrogen-bond donors (Lipinski definition) is 2. The summed E-state index contributed by atoms with van der Waals surface area (Å²) in [6.07, 6.45) is 1.95. The number of carbonyl (C=O) groups excluding carboxylic acids is 2. The quantitative estimate of drug-likeness (QED) is 0.489. The maximum Gasteiger partial charge on any atom is 0.313 e. The first-order valence-corrected chi connectivity index (χ1v) is 7.48. The molecule has 23 heavy (non-hydrogen) atoms. The Hall–Kier alpha value is -2.48. The molecule has 2 amide bonds. The number of likely N-dealkylation sites (tertiary alicyclic amines) is 1. The molecule has 124 valence electrons. The molecule has 1 aromatic carbocycles. The lowest BCUT2D eigenvalue weighted by Crippen LogP contribution is -2.41. The summed E-state index contributed by atoms with van der Waals surface area (Å²) in [6.45, 7) is 2.39. The van der Waals surface area contributed by atoms with Crippen LogP contribution in [0.25, 0.3) is 0 Å². The maximum absolute atomic E-state index is 11.9. The number of rotatable bonds is 4. The zero-order chi connectivity index (χ0) is 16.8. The third-order valence-electron chi connectivity index (χ3n) is 3.94. The molecule has 0 aromatic heterocycles. The molecule has 1 saturated heterocycles. The smallest absolute Gasteiger partial charge is 0.313 e. The highest BCUT2D eigenvalue weighted by Crippen LogP contribution is 2.23. The number of anilines is 1. The van der Waals surface area contributed by atoms with Gasteiger partial charge in [0.15, 0.2) is 0 Å². The molecule has 0 spiro atoms. The van der Waals surface area contributed by atoms with Crippen LogP contribution < -0.4 is 10.6 Å². The molecule has 0 unspecified atom stereocenters. The lowest BCUT2D eigenvalue weighted by atomic mass is 9.97. The number of benzene rings is 1. The summed E-state index contributed by atoms with van der Waals surface area (Å²) >= 11 is 0. The van der Waals surface area contributed by atoms with E-state index < -0.39 is 16.7 Å². The minimum atomic E-state index is -0.896. The first-order chi connectivity index (χ1) is 11.0. The van der Waals surface area contributed by atoms with Gasteiger partial charge in [0.25, 0.3) is 5.69 Å². The second kappa shape index (κ2) is 7.68. The number of nitro benzene ring substituents is 1. The van der Waals surface area contributed by atoms with Gasteiger partial charge in [0.1, 0.15) is 5.69 Å². The Bertz CT molecular complexity index is 597. The average molecular weight is 320 g/mol. The van der Waals surface area contributed by atoms with Gasteiger partial charge in [-0.2, -0.15) is 0 Å². The van der Waals surface area contributed by atoms with Crippen molar-refractivity contribution in [1.82, 2.24) is 10.2 Å². The molecule has 2 N–H and O–H groups in total. The second-order valence-electron chi connectivity index (χ2n) is 5.69. The topological polar surface area (TPSA) is 105 Å². The van der Waals surface area contributed by atoms with Crippen molar-refractivity contribution in [2.24, 2.45) is 5.92 Å². The van der Waals surface area contributed by atoms with Crippen LogP contribution in [-0.4, -0.2) is 48.3 Å².